The van der Waals surface area contributed by atoms with Crippen LogP contribution in [0.15, 0.2) is 10.7 Å². The molecule has 0 fully saturated rings. The molecule has 0 saturated carbocycles. The highest BCUT2D eigenvalue weighted by Gasteiger charge is 2.23. The Morgan fingerprint density at radius 1 is 1.54 bits per heavy atom. The quantitative estimate of drug-likeness (QED) is 0.778. The molecule has 1 aromatic rings. The van der Waals surface area contributed by atoms with Crippen LogP contribution in [0.2, 0.25) is 0 Å². The van der Waals surface area contributed by atoms with Gasteiger partial charge in [0, 0.05) is 17.9 Å². The summed E-state index contributed by atoms with van der Waals surface area (Å²) in [5.41, 5.74) is 6.50. The molecule has 74 valence electrons. The highest BCUT2D eigenvalue weighted by atomic mass is 16.3. The maximum absolute atomic E-state index is 5.64. The van der Waals surface area contributed by atoms with Gasteiger partial charge >= 0.3 is 0 Å². The maximum atomic E-state index is 5.64. The zero-order valence-corrected chi connectivity index (χ0v) is 8.79. The summed E-state index contributed by atoms with van der Waals surface area (Å²) in [5.74, 6) is 1.12. The van der Waals surface area contributed by atoms with Crippen molar-refractivity contribution in [2.75, 3.05) is 6.54 Å². The van der Waals surface area contributed by atoms with E-state index < -0.39 is 0 Å². The molecule has 0 spiro atoms. The monoisotopic (exact) mass is 182 g/mol. The van der Waals surface area contributed by atoms with E-state index in [-0.39, 0.29) is 5.41 Å². The number of nitrogens with two attached hydrogens (primary N) is 1. The van der Waals surface area contributed by atoms with Gasteiger partial charge in [-0.15, -0.1) is 0 Å². The van der Waals surface area contributed by atoms with E-state index in [0.29, 0.717) is 12.5 Å². The fraction of sp³-hybridized carbons (Fsp3) is 0.700. The van der Waals surface area contributed by atoms with Gasteiger partial charge in [-0.2, -0.15) is 0 Å². The molecule has 0 radical (unpaired) electrons. The highest BCUT2D eigenvalue weighted by Crippen LogP contribution is 2.23. The molecule has 0 aliphatic heterocycles. The highest BCUT2D eigenvalue weighted by molar-refractivity contribution is 5.11. The molecule has 2 N–H and O–H groups in total. The van der Waals surface area contributed by atoms with E-state index in [1.54, 1.807) is 6.26 Å². The third kappa shape index (κ3) is 2.10. The number of hydrogen-bond donors (Lipinski definition) is 1. The molecule has 0 aliphatic carbocycles. The second-order valence-electron chi connectivity index (χ2n) is 4.31. The summed E-state index contributed by atoms with van der Waals surface area (Å²) in [5, 5.41) is 0. The Morgan fingerprint density at radius 3 is 2.54 bits per heavy atom. The van der Waals surface area contributed by atoms with Crippen molar-refractivity contribution in [3.63, 3.8) is 0 Å². The van der Waals surface area contributed by atoms with Crippen molar-refractivity contribution < 1.29 is 4.42 Å². The second-order valence-corrected chi connectivity index (χ2v) is 4.31. The molecule has 0 unspecified atom stereocenters. The third-order valence-corrected chi connectivity index (χ3v) is 2.22. The lowest BCUT2D eigenvalue weighted by Gasteiger charge is -2.18. The molecule has 13 heavy (non-hydrogen) atoms. The first-order valence-corrected chi connectivity index (χ1v) is 4.63. The predicted molar refractivity (Wildman–Crippen MR) is 52.7 cm³/mol. The van der Waals surface area contributed by atoms with Gasteiger partial charge in [0.05, 0.1) is 5.69 Å². The maximum Gasteiger partial charge on any atom is 0.196 e. The van der Waals surface area contributed by atoms with E-state index in [9.17, 15) is 0 Å². The van der Waals surface area contributed by atoms with Crippen molar-refractivity contribution >= 4 is 0 Å². The van der Waals surface area contributed by atoms with Gasteiger partial charge in [0.15, 0.2) is 5.89 Å². The van der Waals surface area contributed by atoms with Crippen molar-refractivity contribution in [3.8, 4) is 0 Å². The van der Waals surface area contributed by atoms with Crippen LogP contribution >= 0.6 is 0 Å². The molecule has 1 aromatic heterocycles. The number of rotatable bonds is 3. The Labute approximate surface area is 79.3 Å². The first kappa shape index (κ1) is 10.3. The minimum atomic E-state index is -0.0867. The van der Waals surface area contributed by atoms with Crippen molar-refractivity contribution in [2.45, 2.75) is 39.0 Å². The minimum absolute atomic E-state index is 0.0867. The first-order valence-electron chi connectivity index (χ1n) is 4.63. The molecule has 0 saturated heterocycles. The summed E-state index contributed by atoms with van der Waals surface area (Å²) >= 11 is 0. The average Bonchev–Trinajstić information content (AvgIpc) is 2.52. The molecule has 0 bridgehead atoms. The Morgan fingerprint density at radius 2 is 2.15 bits per heavy atom. The fourth-order valence-electron chi connectivity index (χ4n) is 0.968. The van der Waals surface area contributed by atoms with Crippen LogP contribution in [-0.2, 0) is 5.41 Å². The molecule has 0 atom stereocenters. The molecule has 0 aromatic carbocycles. The summed E-state index contributed by atoms with van der Waals surface area (Å²) < 4.78 is 5.35. The van der Waals surface area contributed by atoms with E-state index in [1.807, 2.05) is 0 Å². The SMILES string of the molecule is CC(C)c1nc(C(C)(C)CN)co1. The van der Waals surface area contributed by atoms with Crippen LogP contribution in [0, 0.1) is 0 Å². The second kappa shape index (κ2) is 3.50. The van der Waals surface area contributed by atoms with E-state index in [0.717, 1.165) is 11.6 Å². The van der Waals surface area contributed by atoms with Gasteiger partial charge in [-0.25, -0.2) is 4.98 Å². The van der Waals surface area contributed by atoms with E-state index in [1.165, 1.54) is 0 Å². The lowest BCUT2D eigenvalue weighted by atomic mass is 9.90. The lowest BCUT2D eigenvalue weighted by Crippen LogP contribution is -2.28. The first-order chi connectivity index (χ1) is 5.97. The number of hydrogen-bond acceptors (Lipinski definition) is 3. The number of nitrogens with zero attached hydrogens (tertiary/aromatic N) is 1. The van der Waals surface area contributed by atoms with Gasteiger partial charge in [-0.1, -0.05) is 27.7 Å². The van der Waals surface area contributed by atoms with Crippen LogP contribution in [0.5, 0.6) is 0 Å². The normalized spacial score (nSPS) is 12.5. The lowest BCUT2D eigenvalue weighted by molar-refractivity contribution is 0.468. The Hall–Kier alpha value is -0.830. The Bertz CT molecular complexity index is 276. The Kier molecular flexibility index (Phi) is 2.76. The minimum Gasteiger partial charge on any atom is -0.448 e. The summed E-state index contributed by atoms with van der Waals surface area (Å²) in [7, 11) is 0. The Balaban J connectivity index is 2.91. The average molecular weight is 182 g/mol. The molecule has 3 heteroatoms. The largest absolute Gasteiger partial charge is 0.448 e. The molecule has 0 amide bonds. The fourth-order valence-corrected chi connectivity index (χ4v) is 0.968. The smallest absolute Gasteiger partial charge is 0.196 e. The van der Waals surface area contributed by atoms with Crippen LogP contribution < -0.4 is 5.73 Å². The molecular formula is C10H18N2O. The van der Waals surface area contributed by atoms with E-state index >= 15 is 0 Å². The van der Waals surface area contributed by atoms with Crippen molar-refractivity contribution in [1.82, 2.24) is 4.98 Å². The summed E-state index contributed by atoms with van der Waals surface area (Å²) in [4.78, 5) is 4.41. The summed E-state index contributed by atoms with van der Waals surface area (Å²) in [6.45, 7) is 8.83. The van der Waals surface area contributed by atoms with Crippen molar-refractivity contribution in [1.29, 1.82) is 0 Å². The number of aromatic nitrogens is 1. The topological polar surface area (TPSA) is 52.0 Å². The van der Waals surface area contributed by atoms with Gasteiger partial charge in [0.1, 0.15) is 6.26 Å². The molecule has 1 rings (SSSR count). The summed E-state index contributed by atoms with van der Waals surface area (Å²) in [6, 6.07) is 0. The van der Waals surface area contributed by atoms with Crippen LogP contribution in [0.3, 0.4) is 0 Å². The van der Waals surface area contributed by atoms with Crippen molar-refractivity contribution in [2.24, 2.45) is 5.73 Å². The third-order valence-electron chi connectivity index (χ3n) is 2.22. The number of oxazole rings is 1. The van der Waals surface area contributed by atoms with Gasteiger partial charge in [-0.3, -0.25) is 0 Å². The van der Waals surface area contributed by atoms with Crippen LogP contribution in [-0.4, -0.2) is 11.5 Å². The van der Waals surface area contributed by atoms with Gasteiger partial charge in [-0.05, 0) is 0 Å². The molecule has 0 aliphatic rings. The van der Waals surface area contributed by atoms with Crippen molar-refractivity contribution in [3.05, 3.63) is 17.8 Å². The van der Waals surface area contributed by atoms with Crippen LogP contribution in [0.1, 0.15) is 45.2 Å². The molecule has 3 nitrogen and oxygen atoms in total. The van der Waals surface area contributed by atoms with E-state index in [2.05, 4.69) is 32.7 Å². The summed E-state index contributed by atoms with van der Waals surface area (Å²) in [6.07, 6.45) is 1.71. The zero-order valence-electron chi connectivity index (χ0n) is 8.79. The standard InChI is InChI=1S/C10H18N2O/c1-7(2)9-12-8(5-13-9)10(3,4)6-11/h5,7H,6,11H2,1-4H3. The van der Waals surface area contributed by atoms with E-state index in [4.69, 9.17) is 10.2 Å². The zero-order chi connectivity index (χ0) is 10.1. The van der Waals surface area contributed by atoms with Gasteiger partial charge in [0.2, 0.25) is 0 Å². The predicted octanol–water partition coefficient (Wildman–Crippen LogP) is 2.03. The van der Waals surface area contributed by atoms with Gasteiger partial charge < -0.3 is 10.2 Å². The molecule has 1 heterocycles. The van der Waals surface area contributed by atoms with Gasteiger partial charge in [0.25, 0.3) is 0 Å². The van der Waals surface area contributed by atoms with Crippen LogP contribution in [0.4, 0.5) is 0 Å². The molecular weight excluding hydrogens is 164 g/mol. The van der Waals surface area contributed by atoms with Crippen LogP contribution in [0.25, 0.3) is 0 Å².